The van der Waals surface area contributed by atoms with Crippen molar-refractivity contribution in [2.45, 2.75) is 43.8 Å². The molecule has 1 saturated heterocycles. The van der Waals surface area contributed by atoms with Crippen LogP contribution in [-0.4, -0.2) is 58.4 Å². The van der Waals surface area contributed by atoms with Crippen molar-refractivity contribution in [1.82, 2.24) is 14.9 Å². The third-order valence-electron chi connectivity index (χ3n) is 6.96. The van der Waals surface area contributed by atoms with Crippen molar-refractivity contribution in [1.29, 1.82) is 0 Å². The fourth-order valence-electron chi connectivity index (χ4n) is 5.89. The van der Waals surface area contributed by atoms with Gasteiger partial charge in [0, 0.05) is 36.7 Å². The first-order valence-corrected chi connectivity index (χ1v) is 10.4. The molecule has 4 bridgehead atoms. The van der Waals surface area contributed by atoms with Gasteiger partial charge in [0.25, 0.3) is 5.91 Å². The number of nitrogens with zero attached hydrogens (tertiary/aromatic N) is 3. The highest BCUT2D eigenvalue weighted by Crippen LogP contribution is 2.55. The average Bonchev–Trinajstić information content (AvgIpc) is 2.70. The maximum atomic E-state index is 13.7. The van der Waals surface area contributed by atoms with Gasteiger partial charge in [-0.25, -0.2) is 9.97 Å². The SMILES string of the molecule is O=C1C2CC3CC1CC(Nc1ncc(C(=O)N4CCOCC4)c(C(F)(F)F)n1)(C3)C2. The van der Waals surface area contributed by atoms with Gasteiger partial charge in [-0.1, -0.05) is 0 Å². The predicted octanol–water partition coefficient (Wildman–Crippen LogP) is 2.53. The van der Waals surface area contributed by atoms with Crippen LogP contribution in [0, 0.1) is 17.8 Å². The Kier molecular flexibility index (Phi) is 4.53. The molecule has 1 aromatic heterocycles. The Morgan fingerprint density at radius 1 is 1.17 bits per heavy atom. The molecule has 2 heterocycles. The van der Waals surface area contributed by atoms with E-state index in [2.05, 4.69) is 15.3 Å². The normalized spacial score (nSPS) is 33.1. The molecule has 4 aliphatic carbocycles. The molecule has 10 heteroatoms. The minimum atomic E-state index is -4.78. The van der Waals surface area contributed by atoms with E-state index < -0.39 is 28.9 Å². The molecule has 0 radical (unpaired) electrons. The zero-order valence-corrected chi connectivity index (χ0v) is 16.4. The fraction of sp³-hybridized carbons (Fsp3) is 0.700. The Hall–Kier alpha value is -2.23. The van der Waals surface area contributed by atoms with Crippen LogP contribution in [0.2, 0.25) is 0 Å². The highest BCUT2D eigenvalue weighted by atomic mass is 19.4. The van der Waals surface area contributed by atoms with Gasteiger partial charge in [0.15, 0.2) is 5.69 Å². The smallest absolute Gasteiger partial charge is 0.378 e. The first kappa shape index (κ1) is 19.7. The third-order valence-corrected chi connectivity index (χ3v) is 6.96. The van der Waals surface area contributed by atoms with Crippen LogP contribution in [0.4, 0.5) is 19.1 Å². The lowest BCUT2D eigenvalue weighted by Gasteiger charge is -2.55. The van der Waals surface area contributed by atoms with E-state index in [-0.39, 0.29) is 30.9 Å². The van der Waals surface area contributed by atoms with Crippen LogP contribution in [0.5, 0.6) is 0 Å². The van der Waals surface area contributed by atoms with Gasteiger partial charge >= 0.3 is 6.18 Å². The zero-order chi connectivity index (χ0) is 21.1. The van der Waals surface area contributed by atoms with Gasteiger partial charge in [0.1, 0.15) is 5.78 Å². The highest BCUT2D eigenvalue weighted by molar-refractivity contribution is 5.95. The summed E-state index contributed by atoms with van der Waals surface area (Å²) in [5.41, 5.74) is -2.21. The molecule has 5 fully saturated rings. The molecule has 1 amide bonds. The van der Waals surface area contributed by atoms with Crippen molar-refractivity contribution in [3.05, 3.63) is 17.5 Å². The number of morpholine rings is 1. The molecule has 1 aromatic rings. The van der Waals surface area contributed by atoms with Crippen LogP contribution in [0.15, 0.2) is 6.20 Å². The summed E-state index contributed by atoms with van der Waals surface area (Å²) in [4.78, 5) is 34.2. The molecule has 0 aromatic carbocycles. The van der Waals surface area contributed by atoms with Crippen molar-refractivity contribution in [3.63, 3.8) is 0 Å². The van der Waals surface area contributed by atoms with Crippen LogP contribution >= 0.6 is 0 Å². The van der Waals surface area contributed by atoms with Crippen molar-refractivity contribution in [2.75, 3.05) is 31.6 Å². The number of aromatic nitrogens is 2. The lowest BCUT2D eigenvalue weighted by atomic mass is 9.52. The minimum absolute atomic E-state index is 0.0204. The number of anilines is 1. The summed E-state index contributed by atoms with van der Waals surface area (Å²) >= 11 is 0. The number of halogens is 3. The quantitative estimate of drug-likeness (QED) is 0.803. The lowest BCUT2D eigenvalue weighted by Crippen LogP contribution is -2.58. The first-order valence-electron chi connectivity index (χ1n) is 10.4. The number of ketones is 1. The number of Topliss-reactive ketones (excluding diaryl/α,β-unsaturated/α-hetero) is 1. The topological polar surface area (TPSA) is 84.4 Å². The standard InChI is InChI=1S/C20H23F3N4O3/c21-20(22,23)16-14(17(29)27-1-3-30-4-2-27)10-24-18(25-16)26-19-7-11-5-12(8-19)15(28)13(6-11)9-19/h10-13H,1-9H2,(H,24,25,26). The van der Waals surface area contributed by atoms with Crippen molar-refractivity contribution in [3.8, 4) is 0 Å². The predicted molar refractivity (Wildman–Crippen MR) is 98.7 cm³/mol. The summed E-state index contributed by atoms with van der Waals surface area (Å²) in [7, 11) is 0. The second-order valence-corrected chi connectivity index (χ2v) is 9.01. The molecule has 4 saturated carbocycles. The van der Waals surface area contributed by atoms with E-state index in [0.717, 1.165) is 25.5 Å². The molecule has 1 aliphatic heterocycles. The average molecular weight is 424 g/mol. The Bertz CT molecular complexity index is 867. The van der Waals surface area contributed by atoms with E-state index in [1.165, 1.54) is 4.90 Å². The van der Waals surface area contributed by atoms with Gasteiger partial charge < -0.3 is 15.0 Å². The molecule has 5 aliphatic rings. The Morgan fingerprint density at radius 2 is 1.83 bits per heavy atom. The van der Waals surface area contributed by atoms with Gasteiger partial charge in [0.05, 0.1) is 18.8 Å². The molecule has 7 nitrogen and oxygen atoms in total. The summed E-state index contributed by atoms with van der Waals surface area (Å²) in [6.07, 6.45) is -0.0288. The maximum Gasteiger partial charge on any atom is 0.434 e. The number of amides is 1. The second-order valence-electron chi connectivity index (χ2n) is 9.01. The van der Waals surface area contributed by atoms with Crippen molar-refractivity contribution < 1.29 is 27.5 Å². The van der Waals surface area contributed by atoms with Gasteiger partial charge in [-0.2, -0.15) is 13.2 Å². The number of nitrogens with one attached hydrogen (secondary N) is 1. The summed E-state index contributed by atoms with van der Waals surface area (Å²) in [5.74, 6) is -0.197. The summed E-state index contributed by atoms with van der Waals surface area (Å²) in [5, 5.41) is 3.15. The molecule has 6 rings (SSSR count). The molecular weight excluding hydrogens is 401 g/mol. The van der Waals surface area contributed by atoms with Crippen molar-refractivity contribution >= 4 is 17.6 Å². The summed E-state index contributed by atoms with van der Waals surface area (Å²) in [6.45, 7) is 1.05. The van der Waals surface area contributed by atoms with Crippen LogP contribution in [0.3, 0.4) is 0 Å². The number of ether oxygens (including phenoxy) is 1. The molecular formula is C20H23F3N4O3. The number of rotatable bonds is 3. The molecule has 0 spiro atoms. The van der Waals surface area contributed by atoms with Crippen LogP contribution in [0.25, 0.3) is 0 Å². The lowest BCUT2D eigenvalue weighted by molar-refractivity contribution is -0.141. The largest absolute Gasteiger partial charge is 0.434 e. The zero-order valence-electron chi connectivity index (χ0n) is 16.4. The molecule has 162 valence electrons. The van der Waals surface area contributed by atoms with E-state index in [1.54, 1.807) is 0 Å². The van der Waals surface area contributed by atoms with Crippen molar-refractivity contribution in [2.24, 2.45) is 17.8 Å². The third kappa shape index (κ3) is 3.34. The van der Waals surface area contributed by atoms with Crippen LogP contribution in [0.1, 0.15) is 48.2 Å². The summed E-state index contributed by atoms with van der Waals surface area (Å²) in [6, 6.07) is 0. The number of carbonyl (C=O) groups excluding carboxylic acids is 2. The Morgan fingerprint density at radius 3 is 2.47 bits per heavy atom. The molecule has 30 heavy (non-hydrogen) atoms. The van der Waals surface area contributed by atoms with E-state index in [4.69, 9.17) is 4.74 Å². The summed E-state index contributed by atoms with van der Waals surface area (Å²) < 4.78 is 46.4. The van der Waals surface area contributed by atoms with E-state index >= 15 is 0 Å². The van der Waals surface area contributed by atoms with E-state index in [0.29, 0.717) is 37.8 Å². The molecule has 1 N–H and O–H groups in total. The number of hydrogen-bond donors (Lipinski definition) is 1. The van der Waals surface area contributed by atoms with Gasteiger partial charge in [0.2, 0.25) is 5.95 Å². The first-order chi connectivity index (χ1) is 14.2. The molecule has 2 atom stereocenters. The Labute approximate surface area is 171 Å². The van der Waals surface area contributed by atoms with Gasteiger partial charge in [-0.15, -0.1) is 0 Å². The van der Waals surface area contributed by atoms with Crippen LogP contribution < -0.4 is 5.32 Å². The molecule has 2 unspecified atom stereocenters. The highest BCUT2D eigenvalue weighted by Gasteiger charge is 2.55. The van der Waals surface area contributed by atoms with Gasteiger partial charge in [-0.05, 0) is 38.0 Å². The fourth-order valence-corrected chi connectivity index (χ4v) is 5.89. The van der Waals surface area contributed by atoms with Crippen LogP contribution in [-0.2, 0) is 15.7 Å². The minimum Gasteiger partial charge on any atom is -0.378 e. The van der Waals surface area contributed by atoms with E-state index in [9.17, 15) is 22.8 Å². The number of hydrogen-bond acceptors (Lipinski definition) is 6. The van der Waals surface area contributed by atoms with E-state index in [1.807, 2.05) is 0 Å². The monoisotopic (exact) mass is 424 g/mol. The maximum absolute atomic E-state index is 13.7. The number of alkyl halides is 3. The number of carbonyl (C=O) groups is 2. The van der Waals surface area contributed by atoms with Gasteiger partial charge in [-0.3, -0.25) is 9.59 Å². The Balaban J connectivity index is 1.43. The second kappa shape index (κ2) is 6.90.